The van der Waals surface area contributed by atoms with Crippen LogP contribution in [0.25, 0.3) is 33.9 Å². The number of allylic oxidation sites excluding steroid dienone is 1. The molecule has 7 rings (SSSR count). The van der Waals surface area contributed by atoms with Crippen LogP contribution in [0.1, 0.15) is 71.0 Å². The quantitative estimate of drug-likeness (QED) is 0.153. The second kappa shape index (κ2) is 11.5. The van der Waals surface area contributed by atoms with Gasteiger partial charge in [-0.2, -0.15) is 0 Å². The van der Waals surface area contributed by atoms with E-state index in [2.05, 4.69) is 143 Å². The molecule has 5 aromatic rings. The first-order valence-electron chi connectivity index (χ1n) is 15.4. The van der Waals surface area contributed by atoms with Gasteiger partial charge in [-0.15, -0.1) is 0 Å². The molecule has 0 saturated carbocycles. The Labute approximate surface area is 270 Å². The SMILES string of the molecule is CC(C)c1ccccc1-c1c(C(C)C)ccc2c1C=C(c1ccccc1)[CH]2[Zr]([Cl])([Cl])[c]1cccc2c1[SiH2]c1ccccc1-2. The summed E-state index contributed by atoms with van der Waals surface area (Å²) in [6.07, 6.45) is 2.44. The summed E-state index contributed by atoms with van der Waals surface area (Å²) in [6, 6.07) is 40.1. The molecule has 0 radical (unpaired) electrons. The normalized spacial score (nSPS) is 16.0. The van der Waals surface area contributed by atoms with Gasteiger partial charge >= 0.3 is 272 Å². The fraction of sp³-hybridized carbons (Fsp3) is 0.179. The van der Waals surface area contributed by atoms with Crippen molar-refractivity contribution in [2.75, 3.05) is 0 Å². The van der Waals surface area contributed by atoms with Crippen LogP contribution < -0.4 is 13.6 Å². The van der Waals surface area contributed by atoms with Crippen molar-refractivity contribution in [2.45, 2.75) is 43.2 Å². The van der Waals surface area contributed by atoms with Crippen molar-refractivity contribution < 1.29 is 17.9 Å². The number of benzene rings is 5. The van der Waals surface area contributed by atoms with Gasteiger partial charge < -0.3 is 0 Å². The Morgan fingerprint density at radius 3 is 2.02 bits per heavy atom. The fourth-order valence-electron chi connectivity index (χ4n) is 7.37. The Hall–Kier alpha value is -2.48. The number of rotatable bonds is 6. The molecule has 0 bridgehead atoms. The van der Waals surface area contributed by atoms with Crippen LogP contribution in [-0.4, -0.2) is 9.52 Å². The maximum atomic E-state index is 8.01. The van der Waals surface area contributed by atoms with Crippen molar-refractivity contribution in [3.8, 4) is 22.3 Å². The van der Waals surface area contributed by atoms with Crippen LogP contribution in [0.15, 0.2) is 109 Å². The van der Waals surface area contributed by atoms with Gasteiger partial charge in [0.15, 0.2) is 0 Å². The van der Waals surface area contributed by atoms with Crippen molar-refractivity contribution in [3.05, 3.63) is 137 Å². The zero-order valence-corrected chi connectivity index (χ0v) is 30.5. The van der Waals surface area contributed by atoms with Crippen LogP contribution in [0.3, 0.4) is 0 Å². The number of halogens is 2. The summed E-state index contributed by atoms with van der Waals surface area (Å²) in [4.78, 5) is 0. The number of hydrogen-bond donors (Lipinski definition) is 0. The molecule has 0 saturated heterocycles. The van der Waals surface area contributed by atoms with E-state index in [0.29, 0.717) is 11.8 Å². The zero-order valence-electron chi connectivity index (χ0n) is 25.2. The zero-order chi connectivity index (χ0) is 29.9. The molecule has 1 aliphatic carbocycles. The summed E-state index contributed by atoms with van der Waals surface area (Å²) in [5.41, 5.74) is 13.3. The van der Waals surface area contributed by atoms with E-state index >= 15 is 0 Å². The van der Waals surface area contributed by atoms with E-state index in [1.807, 2.05) is 0 Å². The summed E-state index contributed by atoms with van der Waals surface area (Å²) >= 11 is -4.15. The second-order valence-electron chi connectivity index (χ2n) is 12.6. The number of hydrogen-bond acceptors (Lipinski definition) is 0. The molecule has 0 nitrogen and oxygen atoms in total. The van der Waals surface area contributed by atoms with E-state index in [1.165, 1.54) is 69.3 Å². The van der Waals surface area contributed by atoms with Crippen molar-refractivity contribution in [2.24, 2.45) is 0 Å². The van der Waals surface area contributed by atoms with Crippen molar-refractivity contribution >= 4 is 51.8 Å². The first kappa shape index (κ1) is 29.2. The Bertz CT molecular complexity index is 1890. The predicted molar refractivity (Wildman–Crippen MR) is 188 cm³/mol. The molecule has 0 amide bonds. The summed E-state index contributed by atoms with van der Waals surface area (Å²) in [5.74, 6) is 0.801. The average molecular weight is 695 g/mol. The van der Waals surface area contributed by atoms with Gasteiger partial charge in [-0.05, 0) is 0 Å². The monoisotopic (exact) mass is 692 g/mol. The van der Waals surface area contributed by atoms with E-state index in [1.54, 1.807) is 0 Å². The molecule has 1 unspecified atom stereocenters. The van der Waals surface area contributed by atoms with Crippen LogP contribution in [-0.2, 0) is 17.9 Å². The Balaban J connectivity index is 1.49. The van der Waals surface area contributed by atoms with E-state index in [0.717, 1.165) is 0 Å². The van der Waals surface area contributed by atoms with Crippen molar-refractivity contribution in [1.82, 2.24) is 0 Å². The summed E-state index contributed by atoms with van der Waals surface area (Å²) < 4.78 is 1.26. The molecule has 214 valence electrons. The summed E-state index contributed by atoms with van der Waals surface area (Å²) in [6.45, 7) is 9.20. The van der Waals surface area contributed by atoms with Crippen LogP contribution in [0, 0.1) is 0 Å². The molecule has 43 heavy (non-hydrogen) atoms. The molecule has 1 atom stereocenters. The Morgan fingerprint density at radius 2 is 1.28 bits per heavy atom. The topological polar surface area (TPSA) is 0 Å². The van der Waals surface area contributed by atoms with Gasteiger partial charge in [0.1, 0.15) is 0 Å². The van der Waals surface area contributed by atoms with Gasteiger partial charge in [0, 0.05) is 0 Å². The molecule has 1 heterocycles. The van der Waals surface area contributed by atoms with Gasteiger partial charge in [0.25, 0.3) is 0 Å². The first-order chi connectivity index (χ1) is 20.8. The first-order valence-corrected chi connectivity index (χ1v) is 25.8. The third kappa shape index (κ3) is 4.90. The minimum atomic E-state index is -4.15. The van der Waals surface area contributed by atoms with Crippen LogP contribution in [0.5, 0.6) is 0 Å². The summed E-state index contributed by atoms with van der Waals surface area (Å²) in [7, 11) is 15.3. The van der Waals surface area contributed by atoms with Gasteiger partial charge in [0.2, 0.25) is 0 Å². The molecular formula is C39H36Cl2SiZr. The third-order valence-electron chi connectivity index (χ3n) is 9.39. The molecule has 4 heteroatoms. The van der Waals surface area contributed by atoms with E-state index in [-0.39, 0.29) is 3.63 Å². The van der Waals surface area contributed by atoms with E-state index < -0.39 is 27.4 Å². The number of fused-ring (bicyclic) bond motifs is 4. The van der Waals surface area contributed by atoms with Crippen molar-refractivity contribution in [3.63, 3.8) is 0 Å². The Morgan fingerprint density at radius 1 is 0.628 bits per heavy atom. The Kier molecular flexibility index (Phi) is 7.80. The molecular weight excluding hydrogens is 659 g/mol. The van der Waals surface area contributed by atoms with Gasteiger partial charge in [-0.1, -0.05) is 0 Å². The van der Waals surface area contributed by atoms with Crippen LogP contribution >= 0.6 is 17.0 Å². The fourth-order valence-corrected chi connectivity index (χ4v) is 23.8. The third-order valence-corrected chi connectivity index (χ3v) is 23.6. The molecule has 2 aliphatic rings. The van der Waals surface area contributed by atoms with Crippen LogP contribution in [0.4, 0.5) is 0 Å². The second-order valence-corrected chi connectivity index (χ2v) is 28.4. The van der Waals surface area contributed by atoms with Gasteiger partial charge in [-0.25, -0.2) is 0 Å². The van der Waals surface area contributed by atoms with E-state index in [9.17, 15) is 0 Å². The van der Waals surface area contributed by atoms with E-state index in [4.69, 9.17) is 17.0 Å². The average Bonchev–Trinajstić information content (AvgIpc) is 3.60. The molecule has 0 N–H and O–H groups in total. The summed E-state index contributed by atoms with van der Waals surface area (Å²) in [5, 5.41) is 2.97. The van der Waals surface area contributed by atoms with Gasteiger partial charge in [0.05, 0.1) is 0 Å². The standard InChI is InChI=1S/C27H27.C12H9Si.2ClH.Zr/c1-18(2)23-12-8-9-13-25(23)27-24(19(3)4)15-14-21-16-22(17-26(21)27)20-10-6-5-7-11-20;1-3-7-11-9(5-1)10-6-2-4-8-12(10)13-11;;;/h5-19H,1-4H3;1-7H,13H2;2*1H;/q;;;;+2/p-2. The van der Waals surface area contributed by atoms with Gasteiger partial charge in [-0.3, -0.25) is 0 Å². The molecule has 0 fully saturated rings. The van der Waals surface area contributed by atoms with Crippen LogP contribution in [0.2, 0.25) is 0 Å². The maximum absolute atomic E-state index is 8.01. The molecule has 1 aliphatic heterocycles. The molecule has 0 spiro atoms. The van der Waals surface area contributed by atoms with Crippen molar-refractivity contribution in [1.29, 1.82) is 0 Å². The molecule has 0 aromatic heterocycles. The predicted octanol–water partition coefficient (Wildman–Crippen LogP) is 9.08. The minimum absolute atomic E-state index is 0.00887. The molecule has 5 aromatic carbocycles.